The zero-order chi connectivity index (χ0) is 13.3. The molecule has 0 aliphatic rings. The Bertz CT molecular complexity index is 618. The molecule has 3 heteroatoms. The summed E-state index contributed by atoms with van der Waals surface area (Å²) in [6.45, 7) is 3.20. The molecule has 0 spiro atoms. The lowest BCUT2D eigenvalue weighted by Gasteiger charge is -2.10. The molecule has 0 unspecified atom stereocenters. The van der Waals surface area contributed by atoms with Crippen molar-refractivity contribution in [2.75, 3.05) is 0 Å². The highest BCUT2D eigenvalue weighted by molar-refractivity contribution is 6.01. The number of benzene rings is 2. The van der Waals surface area contributed by atoms with E-state index >= 15 is 0 Å². The minimum Gasteiger partial charge on any atom is -0.294 e. The largest absolute Gasteiger partial charge is 0.294 e. The number of hydrogen-bond acceptors (Lipinski definition) is 1. The summed E-state index contributed by atoms with van der Waals surface area (Å²) in [6.07, 6.45) is 0. The van der Waals surface area contributed by atoms with E-state index in [-0.39, 0.29) is 5.78 Å². The van der Waals surface area contributed by atoms with E-state index in [9.17, 15) is 13.6 Å². The van der Waals surface area contributed by atoms with Crippen LogP contribution in [0.15, 0.2) is 36.4 Å². The summed E-state index contributed by atoms with van der Waals surface area (Å²) in [5.74, 6) is -1.03. The molecule has 0 saturated carbocycles. The van der Waals surface area contributed by atoms with E-state index in [0.29, 0.717) is 16.7 Å². The Morgan fingerprint density at radius 3 is 2.11 bits per heavy atom. The Balaban J connectivity index is 2.73. The van der Waals surface area contributed by atoms with Crippen LogP contribution in [-0.4, -0.2) is 5.78 Å². The monoisotopic (exact) mass is 246 g/mol. The smallest absolute Gasteiger partial charge is 0.160 e. The second-order valence-electron chi connectivity index (χ2n) is 4.21. The predicted molar refractivity (Wildman–Crippen MR) is 66.5 cm³/mol. The molecule has 0 bridgehead atoms. The second-order valence-corrected chi connectivity index (χ2v) is 4.21. The molecule has 92 valence electrons. The highest BCUT2D eigenvalue weighted by Gasteiger charge is 2.13. The van der Waals surface area contributed by atoms with Crippen LogP contribution in [-0.2, 0) is 0 Å². The van der Waals surface area contributed by atoms with Gasteiger partial charge < -0.3 is 0 Å². The van der Waals surface area contributed by atoms with E-state index in [0.717, 1.165) is 5.56 Å². The first-order chi connectivity index (χ1) is 8.49. The maximum Gasteiger partial charge on any atom is 0.160 e. The van der Waals surface area contributed by atoms with Crippen LogP contribution in [0.3, 0.4) is 0 Å². The zero-order valence-corrected chi connectivity index (χ0v) is 10.1. The van der Waals surface area contributed by atoms with Crippen LogP contribution in [0.1, 0.15) is 22.8 Å². The maximum absolute atomic E-state index is 13.3. The van der Waals surface area contributed by atoms with Gasteiger partial charge in [-0.25, -0.2) is 8.78 Å². The summed E-state index contributed by atoms with van der Waals surface area (Å²) in [5.41, 5.74) is 2.16. The molecule has 0 saturated heterocycles. The van der Waals surface area contributed by atoms with Gasteiger partial charge in [0.15, 0.2) is 5.78 Å². The number of carbonyl (C=O) groups is 1. The van der Waals surface area contributed by atoms with Crippen molar-refractivity contribution in [1.29, 1.82) is 0 Å². The van der Waals surface area contributed by atoms with Crippen LogP contribution in [0.25, 0.3) is 11.1 Å². The Labute approximate surface area is 104 Å². The summed E-state index contributed by atoms with van der Waals surface area (Å²) in [6, 6.07) is 8.19. The number of aryl methyl sites for hydroxylation is 1. The fourth-order valence-corrected chi connectivity index (χ4v) is 1.93. The molecule has 0 aliphatic carbocycles. The van der Waals surface area contributed by atoms with Crippen LogP contribution in [0, 0.1) is 18.6 Å². The molecule has 18 heavy (non-hydrogen) atoms. The molecule has 2 aromatic carbocycles. The van der Waals surface area contributed by atoms with Crippen molar-refractivity contribution in [1.82, 2.24) is 0 Å². The van der Waals surface area contributed by atoms with E-state index in [1.54, 1.807) is 13.0 Å². The third-order valence-electron chi connectivity index (χ3n) is 2.85. The van der Waals surface area contributed by atoms with Gasteiger partial charge in [-0.1, -0.05) is 6.07 Å². The molecule has 2 rings (SSSR count). The van der Waals surface area contributed by atoms with E-state index in [4.69, 9.17) is 0 Å². The van der Waals surface area contributed by atoms with Crippen molar-refractivity contribution >= 4 is 5.78 Å². The molecule has 0 amide bonds. The van der Waals surface area contributed by atoms with Crippen molar-refractivity contribution in [3.05, 3.63) is 59.2 Å². The lowest BCUT2D eigenvalue weighted by Crippen LogP contribution is -1.98. The van der Waals surface area contributed by atoms with Crippen LogP contribution in [0.5, 0.6) is 0 Å². The Morgan fingerprint density at radius 2 is 1.50 bits per heavy atom. The molecule has 2 aromatic rings. The average Bonchev–Trinajstić information content (AvgIpc) is 2.31. The number of hydrogen-bond donors (Lipinski definition) is 0. The van der Waals surface area contributed by atoms with Gasteiger partial charge in [0.05, 0.1) is 0 Å². The lowest BCUT2D eigenvalue weighted by molar-refractivity contribution is 0.101. The zero-order valence-electron chi connectivity index (χ0n) is 10.1. The number of carbonyl (C=O) groups excluding carboxylic acids is 1. The molecular weight excluding hydrogens is 234 g/mol. The summed E-state index contributed by atoms with van der Waals surface area (Å²) < 4.78 is 26.6. The number of Topliss-reactive ketones (excluding diaryl/α,β-unsaturated/α-hetero) is 1. The molecule has 0 heterocycles. The number of rotatable bonds is 2. The van der Waals surface area contributed by atoms with Gasteiger partial charge in [0, 0.05) is 5.56 Å². The first-order valence-electron chi connectivity index (χ1n) is 5.56. The van der Waals surface area contributed by atoms with E-state index in [2.05, 4.69) is 0 Å². The first-order valence-corrected chi connectivity index (χ1v) is 5.56. The SMILES string of the molecule is CC(=O)c1ccc(F)cc1-c1cc(F)ccc1C. The quantitative estimate of drug-likeness (QED) is 0.728. The van der Waals surface area contributed by atoms with Crippen LogP contribution < -0.4 is 0 Å². The minimum absolute atomic E-state index is 0.173. The molecule has 0 aliphatic heterocycles. The van der Waals surface area contributed by atoms with Gasteiger partial charge in [0.25, 0.3) is 0 Å². The standard InChI is InChI=1S/C15H12F2O/c1-9-3-4-11(16)7-14(9)15-8-12(17)5-6-13(15)10(2)18/h3-8H,1-2H3. The molecule has 0 N–H and O–H groups in total. The second kappa shape index (κ2) is 4.69. The van der Waals surface area contributed by atoms with E-state index in [1.807, 2.05) is 0 Å². The Morgan fingerprint density at radius 1 is 0.944 bits per heavy atom. The summed E-state index contributed by atoms with van der Waals surface area (Å²) in [5, 5.41) is 0. The van der Waals surface area contributed by atoms with Gasteiger partial charge in [-0.05, 0) is 60.9 Å². The third-order valence-corrected chi connectivity index (χ3v) is 2.85. The van der Waals surface area contributed by atoms with Gasteiger partial charge >= 0.3 is 0 Å². The molecular formula is C15H12F2O. The first kappa shape index (κ1) is 12.4. The molecule has 0 aromatic heterocycles. The predicted octanol–water partition coefficient (Wildman–Crippen LogP) is 4.14. The average molecular weight is 246 g/mol. The Hall–Kier alpha value is -2.03. The topological polar surface area (TPSA) is 17.1 Å². The van der Waals surface area contributed by atoms with Crippen LogP contribution >= 0.6 is 0 Å². The van der Waals surface area contributed by atoms with Gasteiger partial charge in [-0.15, -0.1) is 0 Å². The third kappa shape index (κ3) is 2.30. The van der Waals surface area contributed by atoms with Crippen LogP contribution in [0.4, 0.5) is 8.78 Å². The van der Waals surface area contributed by atoms with E-state index < -0.39 is 11.6 Å². The highest BCUT2D eigenvalue weighted by atomic mass is 19.1. The van der Waals surface area contributed by atoms with Crippen molar-refractivity contribution in [2.24, 2.45) is 0 Å². The van der Waals surface area contributed by atoms with Gasteiger partial charge in [0.2, 0.25) is 0 Å². The molecule has 0 atom stereocenters. The van der Waals surface area contributed by atoms with Gasteiger partial charge in [-0.3, -0.25) is 4.79 Å². The summed E-state index contributed by atoms with van der Waals surface area (Å²) in [4.78, 5) is 11.5. The van der Waals surface area contributed by atoms with Crippen molar-refractivity contribution in [3.63, 3.8) is 0 Å². The molecule has 0 radical (unpaired) electrons. The fraction of sp³-hybridized carbons (Fsp3) is 0.133. The van der Waals surface area contributed by atoms with Crippen molar-refractivity contribution in [3.8, 4) is 11.1 Å². The van der Waals surface area contributed by atoms with Gasteiger partial charge in [-0.2, -0.15) is 0 Å². The fourth-order valence-electron chi connectivity index (χ4n) is 1.93. The van der Waals surface area contributed by atoms with Crippen LogP contribution in [0.2, 0.25) is 0 Å². The number of ketones is 1. The molecule has 1 nitrogen and oxygen atoms in total. The highest BCUT2D eigenvalue weighted by Crippen LogP contribution is 2.28. The molecule has 0 fully saturated rings. The van der Waals surface area contributed by atoms with Gasteiger partial charge in [0.1, 0.15) is 11.6 Å². The van der Waals surface area contributed by atoms with Crippen molar-refractivity contribution < 1.29 is 13.6 Å². The van der Waals surface area contributed by atoms with Crippen molar-refractivity contribution in [2.45, 2.75) is 13.8 Å². The Kier molecular flexibility index (Phi) is 3.24. The normalized spacial score (nSPS) is 10.4. The lowest BCUT2D eigenvalue weighted by atomic mass is 9.94. The summed E-state index contributed by atoms with van der Waals surface area (Å²) >= 11 is 0. The number of halogens is 2. The van der Waals surface area contributed by atoms with E-state index in [1.165, 1.54) is 37.3 Å². The minimum atomic E-state index is -0.446. The summed E-state index contributed by atoms with van der Waals surface area (Å²) in [7, 11) is 0. The maximum atomic E-state index is 13.3.